The summed E-state index contributed by atoms with van der Waals surface area (Å²) >= 11 is 11.4. The maximum Gasteiger partial charge on any atom is 0.189 e. The zero-order valence-electron chi connectivity index (χ0n) is 13.2. The maximum absolute atomic E-state index is 8.98. The van der Waals surface area contributed by atoms with Crippen molar-refractivity contribution in [3.8, 4) is 5.75 Å². The molecule has 3 rings (SSSR count). The number of β-amino-alcohol motifs (C(OH)–C–C–N with tert-alkyl or cyclic N) is 1. The second-order valence-corrected chi connectivity index (χ2v) is 6.45. The SMILES string of the molecule is OCCN1CCN(C(=S)N/N=C2/CCOc3cc(Cl)cnc32)CC1. The maximum atomic E-state index is 8.98. The summed E-state index contributed by atoms with van der Waals surface area (Å²) in [5.74, 6) is 0.651. The molecule has 1 aromatic heterocycles. The molecule has 0 atom stereocenters. The van der Waals surface area contributed by atoms with Gasteiger partial charge in [-0.3, -0.25) is 10.3 Å². The van der Waals surface area contributed by atoms with Crippen LogP contribution in [0.1, 0.15) is 12.1 Å². The number of aliphatic hydroxyl groups excluding tert-OH is 1. The number of thiocarbonyl (C=S) groups is 1. The second-order valence-electron chi connectivity index (χ2n) is 5.63. The first kappa shape index (κ1) is 17.3. The van der Waals surface area contributed by atoms with Gasteiger partial charge in [0.2, 0.25) is 0 Å². The van der Waals surface area contributed by atoms with Gasteiger partial charge in [0.1, 0.15) is 11.4 Å². The minimum absolute atomic E-state index is 0.189. The van der Waals surface area contributed by atoms with Crippen LogP contribution in [0.5, 0.6) is 5.75 Å². The van der Waals surface area contributed by atoms with Crippen molar-refractivity contribution >= 4 is 34.6 Å². The van der Waals surface area contributed by atoms with E-state index in [1.54, 1.807) is 12.3 Å². The Morgan fingerprint density at radius 2 is 2.21 bits per heavy atom. The van der Waals surface area contributed by atoms with Gasteiger partial charge in [0, 0.05) is 51.4 Å². The van der Waals surface area contributed by atoms with Crippen LogP contribution in [0.25, 0.3) is 0 Å². The van der Waals surface area contributed by atoms with E-state index in [9.17, 15) is 0 Å². The van der Waals surface area contributed by atoms with Crippen LogP contribution in [0, 0.1) is 0 Å². The van der Waals surface area contributed by atoms with Gasteiger partial charge in [-0.15, -0.1) is 0 Å². The normalized spacial score (nSPS) is 19.8. The van der Waals surface area contributed by atoms with Gasteiger partial charge < -0.3 is 14.7 Å². The molecule has 2 aliphatic rings. The molecule has 0 spiro atoms. The lowest BCUT2D eigenvalue weighted by atomic mass is 10.1. The lowest BCUT2D eigenvalue weighted by molar-refractivity contribution is 0.146. The van der Waals surface area contributed by atoms with Crippen LogP contribution in [0.4, 0.5) is 0 Å². The van der Waals surface area contributed by atoms with Crippen molar-refractivity contribution < 1.29 is 9.84 Å². The predicted molar refractivity (Wildman–Crippen MR) is 96.7 cm³/mol. The first-order valence-corrected chi connectivity index (χ1v) is 8.69. The molecular weight excluding hydrogens is 350 g/mol. The molecule has 0 unspecified atom stereocenters. The Hall–Kier alpha value is -1.48. The lowest BCUT2D eigenvalue weighted by Crippen LogP contribution is -2.51. The highest BCUT2D eigenvalue weighted by Crippen LogP contribution is 2.25. The molecule has 7 nitrogen and oxygen atoms in total. The summed E-state index contributed by atoms with van der Waals surface area (Å²) in [6.07, 6.45) is 2.25. The van der Waals surface area contributed by atoms with Crippen molar-refractivity contribution in [3.63, 3.8) is 0 Å². The smallest absolute Gasteiger partial charge is 0.189 e. The minimum Gasteiger partial charge on any atom is -0.491 e. The molecular formula is C15H20ClN5O2S. The van der Waals surface area contributed by atoms with Gasteiger partial charge in [-0.2, -0.15) is 5.10 Å². The van der Waals surface area contributed by atoms with Crippen LogP contribution in [-0.2, 0) is 0 Å². The fraction of sp³-hybridized carbons (Fsp3) is 0.533. The van der Waals surface area contributed by atoms with Crippen LogP contribution in [0.3, 0.4) is 0 Å². The van der Waals surface area contributed by atoms with E-state index >= 15 is 0 Å². The standard InChI is InChI=1S/C15H20ClN5O2S/c16-11-9-13-14(17-10-11)12(1-8-23-13)18-19-15(24)21-4-2-20(3-5-21)6-7-22/h9-10,22H,1-8H2,(H,19,24)/b18-12-. The monoisotopic (exact) mass is 369 g/mol. The Bertz CT molecular complexity index is 634. The van der Waals surface area contributed by atoms with E-state index in [0.29, 0.717) is 41.2 Å². The number of hydrogen-bond donors (Lipinski definition) is 2. The van der Waals surface area contributed by atoms with Crippen LogP contribution in [0.2, 0.25) is 5.02 Å². The largest absolute Gasteiger partial charge is 0.491 e. The molecule has 130 valence electrons. The first-order valence-electron chi connectivity index (χ1n) is 7.91. The Kier molecular flexibility index (Phi) is 5.83. The molecule has 0 aliphatic carbocycles. The molecule has 1 aromatic rings. The second kappa shape index (κ2) is 8.06. The molecule has 0 aromatic carbocycles. The Morgan fingerprint density at radius 3 is 2.96 bits per heavy atom. The summed E-state index contributed by atoms with van der Waals surface area (Å²) in [5, 5.41) is 14.6. The quantitative estimate of drug-likeness (QED) is 0.600. The number of aliphatic hydroxyl groups is 1. The number of halogens is 1. The molecule has 3 heterocycles. The summed E-state index contributed by atoms with van der Waals surface area (Å²) in [6.45, 7) is 4.86. The van der Waals surface area contributed by atoms with Crippen molar-refractivity contribution in [1.82, 2.24) is 20.2 Å². The van der Waals surface area contributed by atoms with Crippen molar-refractivity contribution in [1.29, 1.82) is 0 Å². The van der Waals surface area contributed by atoms with E-state index in [-0.39, 0.29) is 6.61 Å². The van der Waals surface area contributed by atoms with E-state index in [2.05, 4.69) is 25.3 Å². The van der Waals surface area contributed by atoms with Gasteiger partial charge in [0.05, 0.1) is 23.9 Å². The number of hydrogen-bond acceptors (Lipinski definition) is 6. The van der Waals surface area contributed by atoms with Gasteiger partial charge in [-0.1, -0.05) is 11.6 Å². The first-order chi connectivity index (χ1) is 11.7. The van der Waals surface area contributed by atoms with Gasteiger partial charge >= 0.3 is 0 Å². The van der Waals surface area contributed by atoms with Crippen molar-refractivity contribution in [2.24, 2.45) is 5.10 Å². The Balaban J connectivity index is 1.60. The molecule has 9 heteroatoms. The molecule has 2 aliphatic heterocycles. The highest BCUT2D eigenvalue weighted by Gasteiger charge is 2.21. The van der Waals surface area contributed by atoms with Crippen LogP contribution in [-0.4, -0.2) is 76.7 Å². The highest BCUT2D eigenvalue weighted by atomic mass is 35.5. The molecule has 0 saturated carbocycles. The molecule has 2 N–H and O–H groups in total. The number of rotatable bonds is 3. The van der Waals surface area contributed by atoms with Crippen LogP contribution >= 0.6 is 23.8 Å². The summed E-state index contributed by atoms with van der Waals surface area (Å²) in [4.78, 5) is 8.61. The fourth-order valence-electron chi connectivity index (χ4n) is 2.73. The number of pyridine rings is 1. The number of nitrogens with one attached hydrogen (secondary N) is 1. The summed E-state index contributed by atoms with van der Waals surface area (Å²) in [6, 6.07) is 1.75. The van der Waals surface area contributed by atoms with Gasteiger partial charge in [0.15, 0.2) is 5.11 Å². The third-order valence-corrected chi connectivity index (χ3v) is 4.61. The predicted octanol–water partition coefficient (Wildman–Crippen LogP) is 0.706. The molecule has 0 radical (unpaired) electrons. The molecule has 0 amide bonds. The molecule has 1 saturated heterocycles. The summed E-state index contributed by atoms with van der Waals surface area (Å²) in [7, 11) is 0. The molecule has 24 heavy (non-hydrogen) atoms. The zero-order chi connectivity index (χ0) is 16.9. The minimum atomic E-state index is 0.189. The fourth-order valence-corrected chi connectivity index (χ4v) is 3.11. The van der Waals surface area contributed by atoms with E-state index in [1.165, 1.54) is 0 Å². The average molecular weight is 370 g/mol. The van der Waals surface area contributed by atoms with Crippen LogP contribution < -0.4 is 10.2 Å². The third kappa shape index (κ3) is 4.13. The van der Waals surface area contributed by atoms with E-state index in [4.69, 9.17) is 33.7 Å². The summed E-state index contributed by atoms with van der Waals surface area (Å²) < 4.78 is 5.57. The number of aromatic nitrogens is 1. The van der Waals surface area contributed by atoms with E-state index in [1.807, 2.05) is 0 Å². The average Bonchev–Trinajstić information content (AvgIpc) is 2.60. The number of ether oxygens (including phenoxy) is 1. The molecule has 1 fully saturated rings. The van der Waals surface area contributed by atoms with E-state index in [0.717, 1.165) is 31.9 Å². The lowest BCUT2D eigenvalue weighted by Gasteiger charge is -2.35. The highest BCUT2D eigenvalue weighted by molar-refractivity contribution is 7.80. The van der Waals surface area contributed by atoms with E-state index < -0.39 is 0 Å². The zero-order valence-corrected chi connectivity index (χ0v) is 14.8. The number of fused-ring (bicyclic) bond motifs is 1. The van der Waals surface area contributed by atoms with Crippen molar-refractivity contribution in [2.75, 3.05) is 45.9 Å². The Labute approximate surface area is 151 Å². The van der Waals surface area contributed by atoms with Crippen LogP contribution in [0.15, 0.2) is 17.4 Å². The van der Waals surface area contributed by atoms with Gasteiger partial charge in [0.25, 0.3) is 0 Å². The number of hydrazone groups is 1. The summed E-state index contributed by atoms with van der Waals surface area (Å²) in [5.41, 5.74) is 4.49. The third-order valence-electron chi connectivity index (χ3n) is 4.05. The molecule has 0 bridgehead atoms. The van der Waals surface area contributed by atoms with Gasteiger partial charge in [-0.05, 0) is 12.2 Å². The van der Waals surface area contributed by atoms with Crippen molar-refractivity contribution in [2.45, 2.75) is 6.42 Å². The Morgan fingerprint density at radius 1 is 1.42 bits per heavy atom. The van der Waals surface area contributed by atoms with Crippen molar-refractivity contribution in [3.05, 3.63) is 23.0 Å². The van der Waals surface area contributed by atoms with Gasteiger partial charge in [-0.25, -0.2) is 4.98 Å². The number of piperazine rings is 1. The number of nitrogens with zero attached hydrogens (tertiary/aromatic N) is 4. The topological polar surface area (TPSA) is 73.2 Å².